The van der Waals surface area contributed by atoms with E-state index in [0.717, 1.165) is 66.9 Å². The van der Waals surface area contributed by atoms with Crippen LogP contribution in [0.2, 0.25) is 0 Å². The molecule has 8 heteroatoms. The molecular formula is C23H24ClN3O3S. The van der Waals surface area contributed by atoms with E-state index >= 15 is 0 Å². The molecule has 31 heavy (non-hydrogen) atoms. The molecule has 0 unspecified atom stereocenters. The number of fused-ring (bicyclic) bond motifs is 2. The second kappa shape index (κ2) is 9.78. The lowest BCUT2D eigenvalue weighted by Gasteiger charge is -2.26. The van der Waals surface area contributed by atoms with Crippen LogP contribution in [0.4, 0.5) is 0 Å². The zero-order chi connectivity index (χ0) is 20.3. The Hall–Kier alpha value is -2.45. The first-order valence-corrected chi connectivity index (χ1v) is 11.1. The smallest absolute Gasteiger partial charge is 0.155 e. The van der Waals surface area contributed by atoms with Crippen LogP contribution in [0.5, 0.6) is 0 Å². The van der Waals surface area contributed by atoms with E-state index in [9.17, 15) is 5.21 Å². The maximum absolute atomic E-state index is 9.63. The van der Waals surface area contributed by atoms with Crippen molar-refractivity contribution in [1.82, 2.24) is 9.88 Å². The molecule has 1 saturated heterocycles. The molecule has 0 spiro atoms. The Bertz CT molecular complexity index is 1250. The lowest BCUT2D eigenvalue weighted by Crippen LogP contribution is -2.36. The SMILES string of the molecule is Cl.ON=c1cc(-c2cc3sccc3cn2)oc2ccc(CCCN3CCOCC3)cc12. The van der Waals surface area contributed by atoms with Crippen LogP contribution in [0.15, 0.2) is 57.5 Å². The first kappa shape index (κ1) is 21.8. The topological polar surface area (TPSA) is 71.1 Å². The van der Waals surface area contributed by atoms with Gasteiger partial charge in [0.25, 0.3) is 0 Å². The summed E-state index contributed by atoms with van der Waals surface area (Å²) < 4.78 is 12.7. The van der Waals surface area contributed by atoms with Crippen LogP contribution in [-0.2, 0) is 11.2 Å². The van der Waals surface area contributed by atoms with E-state index in [-0.39, 0.29) is 12.4 Å². The van der Waals surface area contributed by atoms with Gasteiger partial charge in [0.05, 0.1) is 13.2 Å². The minimum absolute atomic E-state index is 0. The number of hydrogen-bond acceptors (Lipinski definition) is 7. The van der Waals surface area contributed by atoms with E-state index in [4.69, 9.17) is 9.15 Å². The maximum Gasteiger partial charge on any atom is 0.155 e. The first-order valence-electron chi connectivity index (χ1n) is 10.2. The first-order chi connectivity index (χ1) is 14.8. The van der Waals surface area contributed by atoms with Crippen LogP contribution in [0, 0.1) is 0 Å². The van der Waals surface area contributed by atoms with Crippen molar-refractivity contribution in [3.63, 3.8) is 0 Å². The zero-order valence-corrected chi connectivity index (χ0v) is 18.6. The predicted molar refractivity (Wildman–Crippen MR) is 125 cm³/mol. The van der Waals surface area contributed by atoms with Crippen molar-refractivity contribution in [2.24, 2.45) is 5.16 Å². The van der Waals surface area contributed by atoms with Crippen LogP contribution in [0.25, 0.3) is 32.5 Å². The highest BCUT2D eigenvalue weighted by Gasteiger charge is 2.11. The molecule has 4 aromatic rings. The molecular weight excluding hydrogens is 434 g/mol. The third-order valence-corrected chi connectivity index (χ3v) is 6.43. The van der Waals surface area contributed by atoms with Crippen molar-refractivity contribution in [3.8, 4) is 11.5 Å². The van der Waals surface area contributed by atoms with E-state index in [1.54, 1.807) is 17.4 Å². The number of rotatable bonds is 5. The summed E-state index contributed by atoms with van der Waals surface area (Å²) in [4.78, 5) is 6.95. The summed E-state index contributed by atoms with van der Waals surface area (Å²) in [5.41, 5.74) is 2.62. The number of hydrogen-bond donors (Lipinski definition) is 1. The highest BCUT2D eigenvalue weighted by atomic mass is 35.5. The van der Waals surface area contributed by atoms with E-state index in [2.05, 4.69) is 27.2 Å². The van der Waals surface area contributed by atoms with Gasteiger partial charge in [0.2, 0.25) is 0 Å². The lowest BCUT2D eigenvalue weighted by atomic mass is 10.1. The average molecular weight is 458 g/mol. The van der Waals surface area contributed by atoms with E-state index in [0.29, 0.717) is 16.7 Å². The van der Waals surface area contributed by atoms with Crippen molar-refractivity contribution in [2.75, 3.05) is 32.8 Å². The van der Waals surface area contributed by atoms with Gasteiger partial charge in [0, 0.05) is 40.8 Å². The standard InChI is InChI=1S/C23H23N3O3S.ClH/c27-25-19-13-22(20-14-23-17(15-24-20)5-11-30-23)29-21-4-3-16(12-18(19)21)2-1-6-26-7-9-28-10-8-26;/h3-5,11-15,27H,1-2,6-10H2;1H. The van der Waals surface area contributed by atoms with E-state index in [1.807, 2.05) is 29.8 Å². The molecule has 1 fully saturated rings. The molecule has 0 radical (unpaired) electrons. The number of benzene rings is 1. The van der Waals surface area contributed by atoms with Crippen molar-refractivity contribution in [2.45, 2.75) is 12.8 Å². The second-order valence-corrected chi connectivity index (χ2v) is 8.46. The van der Waals surface area contributed by atoms with Crippen molar-refractivity contribution < 1.29 is 14.4 Å². The molecule has 6 nitrogen and oxygen atoms in total. The van der Waals surface area contributed by atoms with Gasteiger partial charge in [-0.15, -0.1) is 23.7 Å². The predicted octanol–water partition coefficient (Wildman–Crippen LogP) is 4.69. The van der Waals surface area contributed by atoms with Crippen molar-refractivity contribution in [3.05, 3.63) is 58.9 Å². The summed E-state index contributed by atoms with van der Waals surface area (Å²) in [6.07, 6.45) is 3.89. The summed E-state index contributed by atoms with van der Waals surface area (Å²) in [6, 6.07) is 11.9. The number of thiophene rings is 1. The number of halogens is 1. The van der Waals surface area contributed by atoms with Gasteiger partial charge in [0.15, 0.2) is 5.76 Å². The molecule has 0 aliphatic carbocycles. The number of aryl methyl sites for hydroxylation is 1. The van der Waals surface area contributed by atoms with Gasteiger partial charge in [-0.2, -0.15) is 0 Å². The summed E-state index contributed by atoms with van der Waals surface area (Å²) in [5, 5.41) is 17.6. The third-order valence-electron chi connectivity index (χ3n) is 5.55. The number of nitrogens with zero attached hydrogens (tertiary/aromatic N) is 3. The summed E-state index contributed by atoms with van der Waals surface area (Å²) in [7, 11) is 0. The molecule has 0 atom stereocenters. The van der Waals surface area contributed by atoms with Crippen molar-refractivity contribution >= 4 is 44.8 Å². The van der Waals surface area contributed by atoms with Crippen molar-refractivity contribution in [1.29, 1.82) is 0 Å². The van der Waals surface area contributed by atoms with Gasteiger partial charge >= 0.3 is 0 Å². The van der Waals surface area contributed by atoms with Gasteiger partial charge < -0.3 is 14.4 Å². The molecule has 1 N–H and O–H groups in total. The van der Waals surface area contributed by atoms with Gasteiger partial charge in [-0.25, -0.2) is 0 Å². The Balaban J connectivity index is 0.00000231. The number of morpholine rings is 1. The number of pyridine rings is 1. The third kappa shape index (κ3) is 4.75. The Morgan fingerprint density at radius 3 is 2.84 bits per heavy atom. The Kier molecular flexibility index (Phi) is 6.87. The van der Waals surface area contributed by atoms with Crippen LogP contribution >= 0.6 is 23.7 Å². The summed E-state index contributed by atoms with van der Waals surface area (Å²) in [5.74, 6) is 0.589. The number of ether oxygens (including phenoxy) is 1. The van der Waals surface area contributed by atoms with Crippen LogP contribution in [-0.4, -0.2) is 47.9 Å². The van der Waals surface area contributed by atoms with Crippen LogP contribution in [0.3, 0.4) is 0 Å². The highest BCUT2D eigenvalue weighted by Crippen LogP contribution is 2.27. The lowest BCUT2D eigenvalue weighted by molar-refractivity contribution is 0.0375. The molecule has 1 aliphatic rings. The minimum atomic E-state index is 0. The Labute approximate surface area is 190 Å². The largest absolute Gasteiger partial charge is 0.454 e. The minimum Gasteiger partial charge on any atom is -0.454 e. The quantitative estimate of drug-likeness (QED) is 0.348. The van der Waals surface area contributed by atoms with Gasteiger partial charge in [-0.1, -0.05) is 11.2 Å². The normalized spacial score (nSPS) is 15.4. The van der Waals surface area contributed by atoms with Gasteiger partial charge in [0.1, 0.15) is 16.6 Å². The molecule has 0 bridgehead atoms. The zero-order valence-electron chi connectivity index (χ0n) is 17.0. The molecule has 4 heterocycles. The van der Waals surface area contributed by atoms with Gasteiger partial charge in [-0.3, -0.25) is 9.88 Å². The monoisotopic (exact) mass is 457 g/mol. The molecule has 162 valence electrons. The van der Waals surface area contributed by atoms with Crippen LogP contribution < -0.4 is 5.36 Å². The molecule has 1 aromatic carbocycles. The summed E-state index contributed by atoms with van der Waals surface area (Å²) >= 11 is 1.66. The fraction of sp³-hybridized carbons (Fsp3) is 0.304. The van der Waals surface area contributed by atoms with E-state index < -0.39 is 0 Å². The molecule has 0 amide bonds. The fourth-order valence-electron chi connectivity index (χ4n) is 3.90. The molecule has 1 aliphatic heterocycles. The second-order valence-electron chi connectivity index (χ2n) is 7.51. The summed E-state index contributed by atoms with van der Waals surface area (Å²) in [6.45, 7) is 4.75. The Morgan fingerprint density at radius 2 is 2.00 bits per heavy atom. The van der Waals surface area contributed by atoms with E-state index in [1.165, 1.54) is 5.56 Å². The van der Waals surface area contributed by atoms with Gasteiger partial charge in [-0.05, 0) is 54.6 Å². The number of aromatic nitrogens is 1. The fourth-order valence-corrected chi connectivity index (χ4v) is 4.70. The maximum atomic E-state index is 9.63. The molecule has 3 aromatic heterocycles. The molecule has 0 saturated carbocycles. The molecule has 5 rings (SSSR count). The highest BCUT2D eigenvalue weighted by molar-refractivity contribution is 7.17. The Morgan fingerprint density at radius 1 is 1.13 bits per heavy atom. The average Bonchev–Trinajstić information content (AvgIpc) is 3.27. The van der Waals surface area contributed by atoms with Crippen LogP contribution in [0.1, 0.15) is 12.0 Å².